The second-order valence-corrected chi connectivity index (χ2v) is 2.48. The molecule has 2 heteroatoms. The van der Waals surface area contributed by atoms with E-state index < -0.39 is 0 Å². The predicted octanol–water partition coefficient (Wildman–Crippen LogP) is 2.07. The highest BCUT2D eigenvalue weighted by atomic mass is 15.3. The number of aryl methyl sites for hydroxylation is 1. The van der Waals surface area contributed by atoms with Crippen molar-refractivity contribution in [2.75, 3.05) is 0 Å². The number of rotatable bonds is 4. The quantitative estimate of drug-likeness (QED) is 0.582. The molecule has 0 saturated heterocycles. The van der Waals surface area contributed by atoms with Crippen LogP contribution in [0.4, 0.5) is 0 Å². The van der Waals surface area contributed by atoms with Crippen LogP contribution in [-0.2, 0) is 6.54 Å². The van der Waals surface area contributed by atoms with Crippen molar-refractivity contribution in [2.45, 2.75) is 32.7 Å². The van der Waals surface area contributed by atoms with Crippen LogP contribution in [0, 0.1) is 0 Å². The van der Waals surface area contributed by atoms with Gasteiger partial charge in [0.05, 0.1) is 0 Å². The van der Waals surface area contributed by atoms with E-state index in [0.717, 1.165) is 6.54 Å². The van der Waals surface area contributed by atoms with Crippen molar-refractivity contribution < 1.29 is 0 Å². The van der Waals surface area contributed by atoms with Crippen LogP contribution in [0.3, 0.4) is 0 Å². The smallest absolute Gasteiger partial charge is 0.0489 e. The fraction of sp³-hybridized carbons (Fsp3) is 0.625. The maximum atomic E-state index is 4.10. The zero-order valence-corrected chi connectivity index (χ0v) is 6.45. The van der Waals surface area contributed by atoms with Crippen molar-refractivity contribution in [3.63, 3.8) is 0 Å². The molecule has 0 spiro atoms. The van der Waals surface area contributed by atoms with Gasteiger partial charge in [0.15, 0.2) is 0 Å². The van der Waals surface area contributed by atoms with Gasteiger partial charge in [0, 0.05) is 18.9 Å². The SMILES string of the molecule is CCCCCn1cccn1. The van der Waals surface area contributed by atoms with Crippen LogP contribution in [0.25, 0.3) is 0 Å². The Hall–Kier alpha value is -0.790. The average Bonchev–Trinajstić information content (AvgIpc) is 2.41. The molecule has 0 aliphatic heterocycles. The lowest BCUT2D eigenvalue weighted by atomic mass is 10.2. The molecule has 56 valence electrons. The van der Waals surface area contributed by atoms with Gasteiger partial charge in [0.1, 0.15) is 0 Å². The number of hydrogen-bond donors (Lipinski definition) is 0. The Bertz CT molecular complexity index is 156. The maximum absolute atomic E-state index is 4.10. The Labute approximate surface area is 61.9 Å². The topological polar surface area (TPSA) is 17.8 Å². The van der Waals surface area contributed by atoms with E-state index in [1.807, 2.05) is 23.1 Å². The van der Waals surface area contributed by atoms with Crippen LogP contribution in [0.2, 0.25) is 0 Å². The highest BCUT2D eigenvalue weighted by Crippen LogP contribution is 1.96. The molecule has 0 radical (unpaired) electrons. The Morgan fingerprint density at radius 2 is 2.30 bits per heavy atom. The molecule has 0 N–H and O–H groups in total. The number of aromatic nitrogens is 2. The number of hydrogen-bond acceptors (Lipinski definition) is 1. The van der Waals surface area contributed by atoms with Crippen molar-refractivity contribution in [2.24, 2.45) is 0 Å². The molecule has 0 aliphatic rings. The summed E-state index contributed by atoms with van der Waals surface area (Å²) in [5.41, 5.74) is 0. The first-order valence-electron chi connectivity index (χ1n) is 3.91. The van der Waals surface area contributed by atoms with Crippen molar-refractivity contribution in [3.05, 3.63) is 18.5 Å². The Balaban J connectivity index is 2.15. The molecule has 0 aromatic carbocycles. The first kappa shape index (κ1) is 7.32. The zero-order valence-electron chi connectivity index (χ0n) is 6.45. The van der Waals surface area contributed by atoms with Crippen LogP contribution in [-0.4, -0.2) is 9.78 Å². The van der Waals surface area contributed by atoms with E-state index in [4.69, 9.17) is 0 Å². The summed E-state index contributed by atoms with van der Waals surface area (Å²) >= 11 is 0. The zero-order chi connectivity index (χ0) is 7.23. The summed E-state index contributed by atoms with van der Waals surface area (Å²) in [4.78, 5) is 0. The van der Waals surface area contributed by atoms with Gasteiger partial charge in [-0.15, -0.1) is 0 Å². The van der Waals surface area contributed by atoms with Gasteiger partial charge in [-0.05, 0) is 12.5 Å². The molecule has 1 aromatic heterocycles. The summed E-state index contributed by atoms with van der Waals surface area (Å²) in [6.07, 6.45) is 7.67. The van der Waals surface area contributed by atoms with Crippen molar-refractivity contribution in [3.8, 4) is 0 Å². The molecule has 10 heavy (non-hydrogen) atoms. The van der Waals surface area contributed by atoms with E-state index in [9.17, 15) is 0 Å². The minimum absolute atomic E-state index is 1.07. The lowest BCUT2D eigenvalue weighted by molar-refractivity contribution is 0.553. The van der Waals surface area contributed by atoms with Crippen LogP contribution < -0.4 is 0 Å². The highest BCUT2D eigenvalue weighted by molar-refractivity contribution is 4.77. The molecule has 0 aliphatic carbocycles. The molecule has 0 fully saturated rings. The van der Waals surface area contributed by atoms with E-state index >= 15 is 0 Å². The van der Waals surface area contributed by atoms with Gasteiger partial charge in [-0.1, -0.05) is 19.8 Å². The molecule has 0 unspecified atom stereocenters. The van der Waals surface area contributed by atoms with Gasteiger partial charge in [-0.2, -0.15) is 5.10 Å². The van der Waals surface area contributed by atoms with Gasteiger partial charge >= 0.3 is 0 Å². The van der Waals surface area contributed by atoms with E-state index in [1.54, 1.807) is 0 Å². The number of unbranched alkanes of at least 4 members (excludes halogenated alkanes) is 2. The Morgan fingerprint density at radius 3 is 2.90 bits per heavy atom. The third kappa shape index (κ3) is 2.21. The van der Waals surface area contributed by atoms with Gasteiger partial charge in [0.25, 0.3) is 0 Å². The minimum Gasteiger partial charge on any atom is -0.273 e. The van der Waals surface area contributed by atoms with Gasteiger partial charge < -0.3 is 0 Å². The Morgan fingerprint density at radius 1 is 1.40 bits per heavy atom. The molecule has 0 saturated carbocycles. The molecular formula is C8H14N2. The first-order valence-corrected chi connectivity index (χ1v) is 3.91. The molecule has 0 atom stereocenters. The summed E-state index contributed by atoms with van der Waals surface area (Å²) in [7, 11) is 0. The first-order chi connectivity index (χ1) is 4.93. The summed E-state index contributed by atoms with van der Waals surface area (Å²) < 4.78 is 1.98. The van der Waals surface area contributed by atoms with Gasteiger partial charge in [-0.25, -0.2) is 0 Å². The maximum Gasteiger partial charge on any atom is 0.0489 e. The predicted molar refractivity (Wildman–Crippen MR) is 41.8 cm³/mol. The van der Waals surface area contributed by atoms with E-state index in [0.29, 0.717) is 0 Å². The molecule has 0 bridgehead atoms. The second kappa shape index (κ2) is 4.09. The third-order valence-electron chi connectivity index (χ3n) is 1.55. The van der Waals surface area contributed by atoms with Crippen molar-refractivity contribution >= 4 is 0 Å². The normalized spacial score (nSPS) is 10.1. The largest absolute Gasteiger partial charge is 0.273 e. The standard InChI is InChI=1S/C8H14N2/c1-2-3-4-7-10-8-5-6-9-10/h5-6,8H,2-4,7H2,1H3. The molecule has 1 aromatic rings. The third-order valence-corrected chi connectivity index (χ3v) is 1.55. The minimum atomic E-state index is 1.07. The van der Waals surface area contributed by atoms with Crippen LogP contribution in [0.15, 0.2) is 18.5 Å². The molecule has 1 rings (SSSR count). The van der Waals surface area contributed by atoms with Crippen LogP contribution in [0.5, 0.6) is 0 Å². The van der Waals surface area contributed by atoms with Crippen molar-refractivity contribution in [1.82, 2.24) is 9.78 Å². The van der Waals surface area contributed by atoms with E-state index in [2.05, 4.69) is 12.0 Å². The van der Waals surface area contributed by atoms with Crippen LogP contribution >= 0.6 is 0 Å². The average molecular weight is 138 g/mol. The summed E-state index contributed by atoms with van der Waals surface area (Å²) in [5.74, 6) is 0. The fourth-order valence-electron chi connectivity index (χ4n) is 0.957. The van der Waals surface area contributed by atoms with Crippen molar-refractivity contribution in [1.29, 1.82) is 0 Å². The monoisotopic (exact) mass is 138 g/mol. The fourth-order valence-corrected chi connectivity index (χ4v) is 0.957. The second-order valence-electron chi connectivity index (χ2n) is 2.48. The van der Waals surface area contributed by atoms with E-state index in [-0.39, 0.29) is 0 Å². The van der Waals surface area contributed by atoms with E-state index in [1.165, 1.54) is 19.3 Å². The highest BCUT2D eigenvalue weighted by Gasteiger charge is 1.87. The molecule has 0 amide bonds. The molecule has 1 heterocycles. The summed E-state index contributed by atoms with van der Waals surface area (Å²) in [6, 6.07) is 1.96. The Kier molecular flexibility index (Phi) is 3.00. The lowest BCUT2D eigenvalue weighted by Gasteiger charge is -1.97. The van der Waals surface area contributed by atoms with Gasteiger partial charge in [0.2, 0.25) is 0 Å². The summed E-state index contributed by atoms with van der Waals surface area (Å²) in [5, 5.41) is 4.10. The van der Waals surface area contributed by atoms with Gasteiger partial charge in [-0.3, -0.25) is 4.68 Å². The summed E-state index contributed by atoms with van der Waals surface area (Å²) in [6.45, 7) is 3.28. The molecule has 2 nitrogen and oxygen atoms in total. The lowest BCUT2D eigenvalue weighted by Crippen LogP contribution is -1.97. The molecular weight excluding hydrogens is 124 g/mol. The van der Waals surface area contributed by atoms with Crippen LogP contribution in [0.1, 0.15) is 26.2 Å². The number of nitrogens with zero attached hydrogens (tertiary/aromatic N) is 2.